The fourth-order valence-electron chi connectivity index (χ4n) is 1.10. The van der Waals surface area contributed by atoms with Gasteiger partial charge < -0.3 is 15.3 Å². The van der Waals surface area contributed by atoms with Crippen LogP contribution in [-0.4, -0.2) is 27.3 Å². The van der Waals surface area contributed by atoms with Crippen molar-refractivity contribution in [2.45, 2.75) is 12.2 Å². The minimum atomic E-state index is -1.27. The Morgan fingerprint density at radius 3 is 2.47 bits per heavy atom. The first-order valence-corrected chi connectivity index (χ1v) is 5.78. The van der Waals surface area contributed by atoms with Gasteiger partial charge in [-0.2, -0.15) is 0 Å². The highest BCUT2D eigenvalue weighted by molar-refractivity contribution is 9.10. The highest BCUT2D eigenvalue weighted by Crippen LogP contribution is 2.36. The number of aliphatic hydroxyl groups excluding tert-OH is 2. The molecule has 0 aliphatic carbocycles. The van der Waals surface area contributed by atoms with Gasteiger partial charge in [0.15, 0.2) is 0 Å². The molecular weight excluding hydrogens is 307 g/mol. The number of alkyl halides is 1. The molecule has 2 atom stereocenters. The summed E-state index contributed by atoms with van der Waals surface area (Å²) >= 11 is 14.2. The highest BCUT2D eigenvalue weighted by Gasteiger charge is 2.22. The van der Waals surface area contributed by atoms with Crippen LogP contribution in [0.15, 0.2) is 16.6 Å². The van der Waals surface area contributed by atoms with E-state index in [1.165, 1.54) is 12.1 Å². The Kier molecular flexibility index (Phi) is 4.67. The van der Waals surface area contributed by atoms with Crippen molar-refractivity contribution < 1.29 is 15.3 Å². The van der Waals surface area contributed by atoms with Crippen molar-refractivity contribution >= 4 is 39.1 Å². The van der Waals surface area contributed by atoms with Crippen LogP contribution in [0, 0.1) is 0 Å². The lowest BCUT2D eigenvalue weighted by Gasteiger charge is -2.17. The molecule has 0 heterocycles. The molecule has 0 bridgehead atoms. The molecule has 0 radical (unpaired) electrons. The molecule has 0 fully saturated rings. The quantitative estimate of drug-likeness (QED) is 0.751. The number of aliphatic hydroxyl groups is 2. The zero-order chi connectivity index (χ0) is 11.6. The van der Waals surface area contributed by atoms with Crippen molar-refractivity contribution in [3.05, 3.63) is 27.2 Å². The number of phenolic OH excluding ortho intramolecular Hbond substituents is 1. The monoisotopic (exact) mass is 314 g/mol. The lowest BCUT2D eigenvalue weighted by Crippen LogP contribution is -2.19. The van der Waals surface area contributed by atoms with Crippen molar-refractivity contribution in [3.63, 3.8) is 0 Å². The molecule has 15 heavy (non-hydrogen) atoms. The van der Waals surface area contributed by atoms with E-state index in [-0.39, 0.29) is 17.2 Å². The van der Waals surface area contributed by atoms with Gasteiger partial charge in [0.25, 0.3) is 0 Å². The number of rotatable bonds is 3. The number of phenols is 1. The summed E-state index contributed by atoms with van der Waals surface area (Å²) in [5.74, 6) is -0.291. The van der Waals surface area contributed by atoms with Gasteiger partial charge in [0.1, 0.15) is 11.9 Å². The van der Waals surface area contributed by atoms with Gasteiger partial charge in [-0.05, 0) is 28.1 Å². The molecule has 0 aliphatic rings. The summed E-state index contributed by atoms with van der Waals surface area (Å²) in [6.45, 7) is 0. The molecule has 0 saturated carbocycles. The van der Waals surface area contributed by atoms with Crippen molar-refractivity contribution in [2.24, 2.45) is 0 Å². The van der Waals surface area contributed by atoms with Crippen molar-refractivity contribution in [1.29, 1.82) is 0 Å². The van der Waals surface area contributed by atoms with Crippen LogP contribution in [0.1, 0.15) is 11.7 Å². The molecule has 0 aromatic heterocycles. The number of hydrogen-bond donors (Lipinski definition) is 3. The lowest BCUT2D eigenvalue weighted by atomic mass is 10.0. The van der Waals surface area contributed by atoms with Crippen LogP contribution in [0.3, 0.4) is 0 Å². The molecule has 1 aromatic carbocycles. The molecule has 0 aliphatic heterocycles. The van der Waals surface area contributed by atoms with Gasteiger partial charge in [0, 0.05) is 10.6 Å². The van der Waals surface area contributed by atoms with Crippen molar-refractivity contribution in [3.8, 4) is 5.75 Å². The van der Waals surface area contributed by atoms with Gasteiger partial charge in [-0.25, -0.2) is 0 Å². The van der Waals surface area contributed by atoms with E-state index >= 15 is 0 Å². The van der Waals surface area contributed by atoms with Crippen LogP contribution in [0.5, 0.6) is 5.75 Å². The van der Waals surface area contributed by atoms with Gasteiger partial charge in [0.05, 0.1) is 16.5 Å². The fourth-order valence-corrected chi connectivity index (χ4v) is 2.11. The van der Waals surface area contributed by atoms with E-state index in [1.807, 2.05) is 0 Å². The van der Waals surface area contributed by atoms with Gasteiger partial charge in [-0.1, -0.05) is 11.6 Å². The molecular formula is C9H9BrCl2O3. The zero-order valence-corrected chi connectivity index (χ0v) is 10.6. The molecule has 0 spiro atoms. The van der Waals surface area contributed by atoms with E-state index < -0.39 is 12.2 Å². The third kappa shape index (κ3) is 2.98. The summed E-state index contributed by atoms with van der Waals surface area (Å²) in [5.41, 5.74) is 0.141. The minimum absolute atomic E-state index is 0.134. The third-order valence-corrected chi connectivity index (χ3v) is 3.04. The van der Waals surface area contributed by atoms with Crippen LogP contribution in [0.25, 0.3) is 0 Å². The first-order chi connectivity index (χ1) is 6.97. The standard InChI is InChI=1S/C9H9BrCl2O3/c10-6-2-4(12)1-5(8(6)14)9(15)7(13)3-11/h1-2,7,9,13-15H,3H2. The van der Waals surface area contributed by atoms with Gasteiger partial charge >= 0.3 is 0 Å². The number of hydrogen-bond acceptors (Lipinski definition) is 3. The van der Waals surface area contributed by atoms with Crippen LogP contribution < -0.4 is 0 Å². The second-order valence-corrected chi connectivity index (χ2v) is 4.59. The first-order valence-electron chi connectivity index (χ1n) is 4.07. The lowest BCUT2D eigenvalue weighted by molar-refractivity contribution is 0.0312. The van der Waals surface area contributed by atoms with Gasteiger partial charge in [-0.15, -0.1) is 11.6 Å². The Bertz CT molecular complexity index is 359. The molecule has 1 rings (SSSR count). The molecule has 3 N–H and O–H groups in total. The molecule has 0 saturated heterocycles. The zero-order valence-electron chi connectivity index (χ0n) is 7.49. The van der Waals surface area contributed by atoms with E-state index in [4.69, 9.17) is 23.2 Å². The molecule has 1 aromatic rings. The summed E-state index contributed by atoms with van der Waals surface area (Å²) in [6, 6.07) is 2.86. The molecule has 3 nitrogen and oxygen atoms in total. The smallest absolute Gasteiger partial charge is 0.135 e. The second kappa shape index (κ2) is 5.37. The maximum Gasteiger partial charge on any atom is 0.135 e. The largest absolute Gasteiger partial charge is 0.506 e. The third-order valence-electron chi connectivity index (χ3n) is 1.90. The summed E-state index contributed by atoms with van der Waals surface area (Å²) in [5, 5.41) is 28.9. The highest BCUT2D eigenvalue weighted by atomic mass is 79.9. The van der Waals surface area contributed by atoms with Crippen LogP contribution in [0.2, 0.25) is 5.02 Å². The summed E-state index contributed by atoms with van der Waals surface area (Å²) in [7, 11) is 0. The Morgan fingerprint density at radius 2 is 1.93 bits per heavy atom. The fraction of sp³-hybridized carbons (Fsp3) is 0.333. The predicted molar refractivity (Wildman–Crippen MR) is 62.5 cm³/mol. The second-order valence-electron chi connectivity index (χ2n) is 2.99. The molecule has 84 valence electrons. The van der Waals surface area contributed by atoms with E-state index in [1.54, 1.807) is 0 Å². The summed E-state index contributed by atoms with van der Waals surface area (Å²) in [6.07, 6.45) is -2.42. The Labute approximate surface area is 105 Å². The molecule has 2 unspecified atom stereocenters. The van der Waals surface area contributed by atoms with E-state index in [0.717, 1.165) is 0 Å². The Morgan fingerprint density at radius 1 is 1.33 bits per heavy atom. The van der Waals surface area contributed by atoms with Gasteiger partial charge in [0.2, 0.25) is 0 Å². The maximum absolute atomic E-state index is 9.64. The summed E-state index contributed by atoms with van der Waals surface area (Å²) in [4.78, 5) is 0. The van der Waals surface area contributed by atoms with Crippen LogP contribution in [0.4, 0.5) is 0 Å². The molecule has 6 heteroatoms. The van der Waals surface area contributed by atoms with Crippen molar-refractivity contribution in [1.82, 2.24) is 0 Å². The Hall–Kier alpha value is -0.0000000000000000555. The number of aromatic hydroxyl groups is 1. The van der Waals surface area contributed by atoms with E-state index in [9.17, 15) is 15.3 Å². The van der Waals surface area contributed by atoms with Crippen molar-refractivity contribution in [2.75, 3.05) is 5.88 Å². The predicted octanol–water partition coefficient (Wildman–Crippen LogP) is 2.44. The van der Waals surface area contributed by atoms with Crippen LogP contribution in [-0.2, 0) is 0 Å². The normalized spacial score (nSPS) is 15.0. The van der Waals surface area contributed by atoms with E-state index in [2.05, 4.69) is 15.9 Å². The topological polar surface area (TPSA) is 60.7 Å². The SMILES string of the molecule is Oc1c(Br)cc(Cl)cc1C(O)C(O)CCl. The van der Waals surface area contributed by atoms with Gasteiger partial charge in [-0.3, -0.25) is 0 Å². The number of benzene rings is 1. The minimum Gasteiger partial charge on any atom is -0.506 e. The van der Waals surface area contributed by atoms with E-state index in [0.29, 0.717) is 9.50 Å². The Balaban J connectivity index is 3.13. The average Bonchev–Trinajstić information content (AvgIpc) is 2.21. The first kappa shape index (κ1) is 13.1. The average molecular weight is 316 g/mol. The number of halogens is 3. The molecule has 0 amide bonds. The van der Waals surface area contributed by atoms with Crippen LogP contribution >= 0.6 is 39.1 Å². The summed E-state index contributed by atoms with van der Waals surface area (Å²) < 4.78 is 0.353. The maximum atomic E-state index is 9.64.